The second-order valence-electron chi connectivity index (χ2n) is 4.92. The van der Waals surface area contributed by atoms with Crippen molar-refractivity contribution in [3.8, 4) is 5.75 Å². The molecule has 1 saturated carbocycles. The topological polar surface area (TPSA) is 30.5 Å². The van der Waals surface area contributed by atoms with Gasteiger partial charge in [-0.05, 0) is 18.9 Å². The number of benzene rings is 1. The third kappa shape index (κ3) is 2.17. The molecular formula is C14H19NO2. The van der Waals surface area contributed by atoms with Gasteiger partial charge in [-0.15, -0.1) is 0 Å². The van der Waals surface area contributed by atoms with E-state index in [1.165, 1.54) is 5.56 Å². The summed E-state index contributed by atoms with van der Waals surface area (Å²) >= 11 is 0. The molecule has 3 heteroatoms. The summed E-state index contributed by atoms with van der Waals surface area (Å²) in [5, 5.41) is 3.72. The number of ether oxygens (including phenoxy) is 2. The number of fused-ring (bicyclic) bond motifs is 1. The number of hydrogen-bond acceptors (Lipinski definition) is 3. The third-order valence-electron chi connectivity index (χ3n) is 3.82. The Balaban J connectivity index is 1.65. The smallest absolute Gasteiger partial charge is 0.124 e. The summed E-state index contributed by atoms with van der Waals surface area (Å²) in [6.07, 6.45) is 3.79. The molecule has 1 aliphatic carbocycles. The van der Waals surface area contributed by atoms with Crippen molar-refractivity contribution in [2.75, 3.05) is 13.7 Å². The van der Waals surface area contributed by atoms with E-state index in [4.69, 9.17) is 9.47 Å². The zero-order chi connectivity index (χ0) is 11.7. The van der Waals surface area contributed by atoms with Crippen LogP contribution in [0.1, 0.15) is 30.9 Å². The Bertz CT molecular complexity index is 388. The molecule has 1 N–H and O–H groups in total. The van der Waals surface area contributed by atoms with Gasteiger partial charge in [-0.3, -0.25) is 0 Å². The van der Waals surface area contributed by atoms with Crippen molar-refractivity contribution in [3.63, 3.8) is 0 Å². The van der Waals surface area contributed by atoms with Crippen molar-refractivity contribution in [1.82, 2.24) is 5.32 Å². The third-order valence-corrected chi connectivity index (χ3v) is 3.82. The van der Waals surface area contributed by atoms with Gasteiger partial charge < -0.3 is 14.8 Å². The largest absolute Gasteiger partial charge is 0.493 e. The standard InChI is InChI=1S/C14H19NO2/c1-16-11-8-10(9-11)15-13-6-7-17-14-5-3-2-4-12(13)14/h2-5,10-11,13,15H,6-9H2,1H3. The second-order valence-corrected chi connectivity index (χ2v) is 4.92. The molecule has 17 heavy (non-hydrogen) atoms. The van der Waals surface area contributed by atoms with E-state index in [0.29, 0.717) is 18.2 Å². The lowest BCUT2D eigenvalue weighted by molar-refractivity contribution is 0.0126. The first kappa shape index (κ1) is 11.1. The Morgan fingerprint density at radius 2 is 2.12 bits per heavy atom. The monoisotopic (exact) mass is 233 g/mol. The number of para-hydroxylation sites is 1. The Kier molecular flexibility index (Phi) is 3.04. The van der Waals surface area contributed by atoms with Crippen LogP contribution in [-0.2, 0) is 4.74 Å². The van der Waals surface area contributed by atoms with Crippen LogP contribution in [0.25, 0.3) is 0 Å². The highest BCUT2D eigenvalue weighted by Crippen LogP contribution is 2.34. The molecule has 0 amide bonds. The zero-order valence-electron chi connectivity index (χ0n) is 10.2. The summed E-state index contributed by atoms with van der Waals surface area (Å²) in [5.74, 6) is 1.04. The van der Waals surface area contributed by atoms with E-state index in [2.05, 4.69) is 23.5 Å². The summed E-state index contributed by atoms with van der Waals surface area (Å²) in [6.45, 7) is 0.815. The quantitative estimate of drug-likeness (QED) is 0.868. The molecule has 1 fully saturated rings. The molecule has 1 aromatic rings. The summed E-state index contributed by atoms with van der Waals surface area (Å²) in [7, 11) is 1.80. The lowest BCUT2D eigenvalue weighted by Crippen LogP contribution is -2.47. The molecule has 2 aliphatic rings. The maximum absolute atomic E-state index is 5.66. The second kappa shape index (κ2) is 4.67. The minimum Gasteiger partial charge on any atom is -0.493 e. The van der Waals surface area contributed by atoms with E-state index in [1.807, 2.05) is 6.07 Å². The van der Waals surface area contributed by atoms with Gasteiger partial charge in [0.1, 0.15) is 5.75 Å². The van der Waals surface area contributed by atoms with E-state index in [1.54, 1.807) is 7.11 Å². The molecule has 1 atom stereocenters. The summed E-state index contributed by atoms with van der Waals surface area (Å²) in [5.41, 5.74) is 1.31. The SMILES string of the molecule is COC1CC(NC2CCOc3ccccc32)C1. The molecule has 0 saturated heterocycles. The molecule has 92 valence electrons. The molecule has 0 radical (unpaired) electrons. The molecule has 0 bridgehead atoms. The van der Waals surface area contributed by atoms with E-state index in [0.717, 1.165) is 31.6 Å². The van der Waals surface area contributed by atoms with Crippen LogP contribution in [0, 0.1) is 0 Å². The van der Waals surface area contributed by atoms with Gasteiger partial charge >= 0.3 is 0 Å². The fourth-order valence-corrected chi connectivity index (χ4v) is 2.69. The van der Waals surface area contributed by atoms with Crippen LogP contribution in [0.3, 0.4) is 0 Å². The van der Waals surface area contributed by atoms with Gasteiger partial charge in [0.2, 0.25) is 0 Å². The van der Waals surface area contributed by atoms with Gasteiger partial charge in [0, 0.05) is 31.2 Å². The van der Waals surface area contributed by atoms with Crippen molar-refractivity contribution in [2.45, 2.75) is 37.5 Å². The lowest BCUT2D eigenvalue weighted by atomic mass is 9.87. The first-order chi connectivity index (χ1) is 8.36. The van der Waals surface area contributed by atoms with Crippen LogP contribution < -0.4 is 10.1 Å². The molecule has 3 rings (SSSR count). The Morgan fingerprint density at radius 1 is 1.29 bits per heavy atom. The van der Waals surface area contributed by atoms with Crippen molar-refractivity contribution >= 4 is 0 Å². The molecule has 0 aromatic heterocycles. The average Bonchev–Trinajstić information content (AvgIpc) is 2.33. The van der Waals surface area contributed by atoms with Crippen molar-refractivity contribution in [3.05, 3.63) is 29.8 Å². The Hall–Kier alpha value is -1.06. The molecule has 1 aromatic carbocycles. The molecular weight excluding hydrogens is 214 g/mol. The van der Waals surface area contributed by atoms with Crippen LogP contribution in [0.4, 0.5) is 0 Å². The van der Waals surface area contributed by atoms with Gasteiger partial charge in [-0.1, -0.05) is 18.2 Å². The number of nitrogens with one attached hydrogen (secondary N) is 1. The van der Waals surface area contributed by atoms with Gasteiger partial charge in [0.25, 0.3) is 0 Å². The Morgan fingerprint density at radius 3 is 2.94 bits per heavy atom. The average molecular weight is 233 g/mol. The van der Waals surface area contributed by atoms with E-state index in [9.17, 15) is 0 Å². The van der Waals surface area contributed by atoms with Gasteiger partial charge in [0.15, 0.2) is 0 Å². The number of methoxy groups -OCH3 is 1. The van der Waals surface area contributed by atoms with Crippen LogP contribution in [-0.4, -0.2) is 25.9 Å². The minimum atomic E-state index is 0.447. The fourth-order valence-electron chi connectivity index (χ4n) is 2.69. The number of rotatable bonds is 3. The van der Waals surface area contributed by atoms with Gasteiger partial charge in [0.05, 0.1) is 12.7 Å². The molecule has 1 aliphatic heterocycles. The minimum absolute atomic E-state index is 0.447. The van der Waals surface area contributed by atoms with Crippen LogP contribution in [0.2, 0.25) is 0 Å². The normalized spacial score (nSPS) is 31.2. The molecule has 0 spiro atoms. The highest BCUT2D eigenvalue weighted by Gasteiger charge is 2.32. The van der Waals surface area contributed by atoms with E-state index < -0.39 is 0 Å². The first-order valence-corrected chi connectivity index (χ1v) is 6.37. The zero-order valence-corrected chi connectivity index (χ0v) is 10.2. The van der Waals surface area contributed by atoms with Crippen molar-refractivity contribution in [1.29, 1.82) is 0 Å². The maximum atomic E-state index is 5.66. The van der Waals surface area contributed by atoms with Crippen molar-refractivity contribution in [2.24, 2.45) is 0 Å². The van der Waals surface area contributed by atoms with Gasteiger partial charge in [-0.25, -0.2) is 0 Å². The predicted molar refractivity (Wildman–Crippen MR) is 66.2 cm³/mol. The highest BCUT2D eigenvalue weighted by molar-refractivity contribution is 5.37. The molecule has 1 unspecified atom stereocenters. The fraction of sp³-hybridized carbons (Fsp3) is 0.571. The summed E-state index contributed by atoms with van der Waals surface area (Å²) in [6, 6.07) is 9.39. The van der Waals surface area contributed by atoms with Crippen molar-refractivity contribution < 1.29 is 9.47 Å². The van der Waals surface area contributed by atoms with Gasteiger partial charge in [-0.2, -0.15) is 0 Å². The van der Waals surface area contributed by atoms with Crippen LogP contribution in [0.15, 0.2) is 24.3 Å². The summed E-state index contributed by atoms with van der Waals surface area (Å²) < 4.78 is 11.0. The predicted octanol–water partition coefficient (Wildman–Crippen LogP) is 2.28. The lowest BCUT2D eigenvalue weighted by Gasteiger charge is -2.39. The highest BCUT2D eigenvalue weighted by atomic mass is 16.5. The molecule has 1 heterocycles. The van der Waals surface area contributed by atoms with Crippen LogP contribution in [0.5, 0.6) is 5.75 Å². The summed E-state index contributed by atoms with van der Waals surface area (Å²) in [4.78, 5) is 0. The van der Waals surface area contributed by atoms with E-state index in [-0.39, 0.29) is 0 Å². The first-order valence-electron chi connectivity index (χ1n) is 6.37. The van der Waals surface area contributed by atoms with Crippen LogP contribution >= 0.6 is 0 Å². The van der Waals surface area contributed by atoms with E-state index >= 15 is 0 Å². The Labute approximate surface area is 102 Å². The number of hydrogen-bond donors (Lipinski definition) is 1. The maximum Gasteiger partial charge on any atom is 0.124 e. The molecule has 3 nitrogen and oxygen atoms in total.